The minimum absolute atomic E-state index is 0.0327. The fourth-order valence-electron chi connectivity index (χ4n) is 7.84. The molecule has 3 fully saturated rings. The van der Waals surface area contributed by atoms with Crippen LogP contribution in [0.15, 0.2) is 23.8 Å². The van der Waals surface area contributed by atoms with Crippen LogP contribution in [0.1, 0.15) is 60.3 Å². The van der Waals surface area contributed by atoms with Crippen molar-refractivity contribution < 1.29 is 24.2 Å². The van der Waals surface area contributed by atoms with Gasteiger partial charge in [0.1, 0.15) is 6.61 Å². The topological polar surface area (TPSA) is 80.7 Å². The Hall–Kier alpha value is -1.46. The number of ketones is 2. The van der Waals surface area contributed by atoms with Gasteiger partial charge in [0.05, 0.1) is 5.92 Å². The molecule has 0 spiro atoms. The van der Waals surface area contributed by atoms with Crippen molar-refractivity contribution in [2.45, 2.75) is 71.3 Å². The van der Waals surface area contributed by atoms with Gasteiger partial charge in [-0.15, -0.1) is 11.6 Å². The lowest BCUT2D eigenvalue weighted by Gasteiger charge is -2.60. The van der Waals surface area contributed by atoms with Crippen LogP contribution in [0.5, 0.6) is 0 Å². The number of aliphatic hydroxyl groups is 1. The van der Waals surface area contributed by atoms with Crippen molar-refractivity contribution in [2.24, 2.45) is 40.4 Å². The average Bonchev–Trinajstić information content (AvgIpc) is 2.94. The molecule has 0 bridgehead atoms. The van der Waals surface area contributed by atoms with E-state index in [1.54, 1.807) is 26.0 Å². The van der Waals surface area contributed by atoms with Gasteiger partial charge in [0.15, 0.2) is 11.4 Å². The Morgan fingerprint density at radius 1 is 1.31 bits per heavy atom. The molecule has 1 N–H and O–H groups in total. The van der Waals surface area contributed by atoms with Crippen LogP contribution in [0, 0.1) is 40.4 Å². The lowest BCUT2D eigenvalue weighted by molar-refractivity contribution is -0.198. The van der Waals surface area contributed by atoms with E-state index in [-0.39, 0.29) is 46.2 Å². The van der Waals surface area contributed by atoms with Gasteiger partial charge >= 0.3 is 5.97 Å². The highest BCUT2D eigenvalue weighted by Gasteiger charge is 2.72. The van der Waals surface area contributed by atoms with Crippen molar-refractivity contribution in [1.82, 2.24) is 0 Å². The normalized spacial score (nSPS) is 45.1. The monoisotopic (exact) mass is 462 g/mol. The molecule has 0 unspecified atom stereocenters. The molecule has 32 heavy (non-hydrogen) atoms. The van der Waals surface area contributed by atoms with Crippen LogP contribution in [0.2, 0.25) is 0 Å². The summed E-state index contributed by atoms with van der Waals surface area (Å²) in [5.41, 5.74) is -1.16. The Morgan fingerprint density at radius 2 is 2.00 bits per heavy atom. The summed E-state index contributed by atoms with van der Waals surface area (Å²) in [7, 11) is 0. The number of hydrogen-bond donors (Lipinski definition) is 1. The molecule has 6 heteroatoms. The van der Waals surface area contributed by atoms with Crippen LogP contribution >= 0.6 is 11.6 Å². The standard InChI is InChI=1S/C26H35ClO5/c1-14(2)23(31)32-26(21(30)13-28)15(3)10-19-18-7-6-16-11-17(29)8-9-24(16,4)22(18)20(27)12-25(19,26)5/h8-9,11,14-15,18-20,22,28H,6-7,10,12-13H2,1-5H3/t15-,18-,19-,20-,22+,24-,25-,26-/m0/s1. The van der Waals surface area contributed by atoms with Gasteiger partial charge in [-0.1, -0.05) is 46.3 Å². The van der Waals surface area contributed by atoms with Crippen LogP contribution in [-0.2, 0) is 19.1 Å². The van der Waals surface area contributed by atoms with E-state index in [1.807, 2.05) is 19.9 Å². The van der Waals surface area contributed by atoms with Gasteiger partial charge in [0, 0.05) is 22.1 Å². The van der Waals surface area contributed by atoms with Gasteiger partial charge in [-0.25, -0.2) is 0 Å². The molecule has 0 heterocycles. The Morgan fingerprint density at radius 3 is 2.62 bits per heavy atom. The number of allylic oxidation sites excluding steroid dienone is 4. The quantitative estimate of drug-likeness (QED) is 0.498. The summed E-state index contributed by atoms with van der Waals surface area (Å²) < 4.78 is 6.09. The van der Waals surface area contributed by atoms with E-state index in [9.17, 15) is 19.5 Å². The molecule has 4 aliphatic carbocycles. The van der Waals surface area contributed by atoms with Crippen LogP contribution in [0.3, 0.4) is 0 Å². The summed E-state index contributed by atoms with van der Waals surface area (Å²) in [6.45, 7) is 9.05. The molecular formula is C26H35ClO5. The summed E-state index contributed by atoms with van der Waals surface area (Å²) in [6, 6.07) is 0. The van der Waals surface area contributed by atoms with E-state index in [4.69, 9.17) is 16.3 Å². The maximum atomic E-state index is 13.3. The molecule has 5 nitrogen and oxygen atoms in total. The summed E-state index contributed by atoms with van der Waals surface area (Å²) >= 11 is 7.15. The van der Waals surface area contributed by atoms with E-state index in [1.165, 1.54) is 0 Å². The number of fused-ring (bicyclic) bond motifs is 5. The molecule has 0 saturated heterocycles. The number of esters is 1. The molecule has 0 radical (unpaired) electrons. The molecule has 4 rings (SSSR count). The zero-order valence-electron chi connectivity index (χ0n) is 19.7. The summed E-state index contributed by atoms with van der Waals surface area (Å²) in [5, 5.41) is 9.68. The van der Waals surface area contributed by atoms with E-state index in [0.29, 0.717) is 6.42 Å². The number of hydrogen-bond acceptors (Lipinski definition) is 5. The van der Waals surface area contributed by atoms with Crippen molar-refractivity contribution in [2.75, 3.05) is 6.61 Å². The Kier molecular flexibility index (Phi) is 5.77. The first kappa shape index (κ1) is 23.7. The highest BCUT2D eigenvalue weighted by atomic mass is 35.5. The fourth-order valence-corrected chi connectivity index (χ4v) is 8.60. The predicted molar refractivity (Wildman–Crippen MR) is 122 cm³/mol. The molecule has 4 aliphatic rings. The highest BCUT2D eigenvalue weighted by Crippen LogP contribution is 2.70. The first-order valence-corrected chi connectivity index (χ1v) is 12.3. The Balaban J connectivity index is 1.80. The molecule has 0 aromatic rings. The molecule has 176 valence electrons. The van der Waals surface area contributed by atoms with Gasteiger partial charge in [0.2, 0.25) is 5.78 Å². The van der Waals surface area contributed by atoms with Crippen molar-refractivity contribution in [3.05, 3.63) is 23.8 Å². The molecular weight excluding hydrogens is 428 g/mol. The molecule has 3 saturated carbocycles. The lowest BCUT2D eigenvalue weighted by atomic mass is 9.47. The predicted octanol–water partition coefficient (Wildman–Crippen LogP) is 4.26. The van der Waals surface area contributed by atoms with E-state index < -0.39 is 29.4 Å². The minimum atomic E-state index is -1.37. The second-order valence-electron chi connectivity index (χ2n) is 11.2. The van der Waals surface area contributed by atoms with Gasteiger partial charge < -0.3 is 9.84 Å². The SMILES string of the molecule is CC(C)C(=O)O[C@]1(C(=O)CO)[C@@H](C)C[C@H]2[C@@H]3CCC4=CC(=O)C=C[C@]4(C)[C@H]3[C@@H](Cl)C[C@@]21C. The molecule has 0 amide bonds. The largest absolute Gasteiger partial charge is 0.450 e. The Labute approximate surface area is 195 Å². The molecule has 0 aromatic heterocycles. The third-order valence-electron chi connectivity index (χ3n) is 9.29. The maximum Gasteiger partial charge on any atom is 0.309 e. The van der Waals surface area contributed by atoms with Crippen molar-refractivity contribution in [3.63, 3.8) is 0 Å². The van der Waals surface area contributed by atoms with Gasteiger partial charge in [-0.2, -0.15) is 0 Å². The van der Waals surface area contributed by atoms with E-state index in [2.05, 4.69) is 6.92 Å². The van der Waals surface area contributed by atoms with Crippen molar-refractivity contribution in [1.29, 1.82) is 0 Å². The second-order valence-corrected chi connectivity index (χ2v) is 11.8. The number of halogens is 1. The lowest BCUT2D eigenvalue weighted by Crippen LogP contribution is -2.63. The van der Waals surface area contributed by atoms with E-state index in [0.717, 1.165) is 24.8 Å². The number of aliphatic hydroxyl groups excluding tert-OH is 1. The number of ether oxygens (including phenoxy) is 1. The Bertz CT molecular complexity index is 906. The third kappa shape index (κ3) is 3.03. The number of carbonyl (C=O) groups is 3. The van der Waals surface area contributed by atoms with Gasteiger partial charge in [-0.05, 0) is 55.6 Å². The second kappa shape index (κ2) is 7.80. The first-order chi connectivity index (χ1) is 14.9. The van der Waals surface area contributed by atoms with Crippen LogP contribution in [0.25, 0.3) is 0 Å². The summed E-state index contributed by atoms with van der Waals surface area (Å²) in [6.07, 6.45) is 8.45. The molecule has 0 aliphatic heterocycles. The number of alkyl halides is 1. The van der Waals surface area contributed by atoms with Gasteiger partial charge in [0.25, 0.3) is 0 Å². The fraction of sp³-hybridized carbons (Fsp3) is 0.731. The van der Waals surface area contributed by atoms with Crippen molar-refractivity contribution in [3.8, 4) is 0 Å². The van der Waals surface area contributed by atoms with Crippen LogP contribution in [0.4, 0.5) is 0 Å². The van der Waals surface area contributed by atoms with Gasteiger partial charge in [-0.3, -0.25) is 14.4 Å². The zero-order chi connectivity index (χ0) is 23.6. The van der Waals surface area contributed by atoms with E-state index >= 15 is 0 Å². The maximum absolute atomic E-state index is 13.3. The number of Topliss-reactive ketones (excluding diaryl/α,β-unsaturated/α-hetero) is 1. The number of carbonyl (C=O) groups excluding carboxylic acids is 3. The molecule has 0 aromatic carbocycles. The smallest absolute Gasteiger partial charge is 0.309 e. The minimum Gasteiger partial charge on any atom is -0.450 e. The van der Waals surface area contributed by atoms with Crippen molar-refractivity contribution >= 4 is 29.1 Å². The third-order valence-corrected chi connectivity index (χ3v) is 9.71. The first-order valence-electron chi connectivity index (χ1n) is 11.9. The van der Waals surface area contributed by atoms with Crippen LogP contribution < -0.4 is 0 Å². The molecule has 8 atom stereocenters. The summed E-state index contributed by atoms with van der Waals surface area (Å²) in [5.74, 6) is -0.870. The summed E-state index contributed by atoms with van der Waals surface area (Å²) in [4.78, 5) is 38.1. The average molecular weight is 463 g/mol. The number of rotatable bonds is 4. The zero-order valence-corrected chi connectivity index (χ0v) is 20.4. The highest BCUT2D eigenvalue weighted by molar-refractivity contribution is 6.21. The van der Waals surface area contributed by atoms with Crippen LogP contribution in [-0.4, -0.2) is 40.2 Å².